The Bertz CT molecular complexity index is 988. The maximum Gasteiger partial charge on any atom is 0.289 e. The molecule has 28 heavy (non-hydrogen) atoms. The number of aromatic nitrogens is 2. The minimum absolute atomic E-state index is 0.348. The first-order valence-electron chi connectivity index (χ1n) is 8.99. The van der Waals surface area contributed by atoms with E-state index in [1.165, 1.54) is 11.8 Å². The predicted octanol–water partition coefficient (Wildman–Crippen LogP) is 4.08. The van der Waals surface area contributed by atoms with Crippen molar-refractivity contribution < 1.29 is 9.53 Å². The third-order valence-corrected chi connectivity index (χ3v) is 4.22. The number of carbonyl (C=O) groups is 1. The number of para-hydroxylation sites is 1. The molecule has 1 aromatic heterocycles. The summed E-state index contributed by atoms with van der Waals surface area (Å²) in [5.74, 6) is 0.416. The molecule has 1 amide bonds. The zero-order valence-electron chi connectivity index (χ0n) is 15.8. The molecule has 0 spiro atoms. The number of hydrogen-bond donors (Lipinski definition) is 2. The molecule has 0 radical (unpaired) electrons. The first-order chi connectivity index (χ1) is 13.7. The average Bonchev–Trinajstić information content (AvgIpc) is 3.24. The van der Waals surface area contributed by atoms with Gasteiger partial charge in [0, 0.05) is 17.3 Å². The Morgan fingerprint density at radius 1 is 1.21 bits per heavy atom. The number of hydrogen-bond acceptors (Lipinski definition) is 4. The number of rotatable bonds is 7. The van der Waals surface area contributed by atoms with Crippen LogP contribution in [0.5, 0.6) is 5.75 Å². The van der Waals surface area contributed by atoms with E-state index in [0.29, 0.717) is 11.4 Å². The topological polar surface area (TPSA) is 79.4 Å². The van der Waals surface area contributed by atoms with Gasteiger partial charge in [0.05, 0.1) is 12.8 Å². The van der Waals surface area contributed by atoms with Crippen LogP contribution in [-0.2, 0) is 6.42 Å². The average molecular weight is 374 g/mol. The summed E-state index contributed by atoms with van der Waals surface area (Å²) in [4.78, 5) is 12.2. The van der Waals surface area contributed by atoms with Crippen molar-refractivity contribution in [3.8, 4) is 17.0 Å². The summed E-state index contributed by atoms with van der Waals surface area (Å²) in [6.07, 6.45) is 6.07. The number of methoxy groups -OCH3 is 1. The summed E-state index contributed by atoms with van der Waals surface area (Å²) >= 11 is 0. The fraction of sp³-hybridized carbons (Fsp3) is 0.136. The smallest absolute Gasteiger partial charge is 0.289 e. The quantitative estimate of drug-likeness (QED) is 0.483. The molecule has 0 aliphatic heterocycles. The number of allylic oxidation sites excluding steroid dienone is 1. The molecule has 0 atom stereocenters. The molecule has 0 unspecified atom stereocenters. The van der Waals surface area contributed by atoms with Crippen LogP contribution in [-0.4, -0.2) is 29.4 Å². The first-order valence-corrected chi connectivity index (χ1v) is 8.99. The lowest BCUT2D eigenvalue weighted by Crippen LogP contribution is -2.17. The number of H-pyrrole nitrogens is 1. The van der Waals surface area contributed by atoms with Crippen LogP contribution >= 0.6 is 0 Å². The predicted molar refractivity (Wildman–Crippen MR) is 111 cm³/mol. The highest BCUT2D eigenvalue weighted by molar-refractivity contribution is 5.94. The van der Waals surface area contributed by atoms with Crippen molar-refractivity contribution in [1.82, 2.24) is 15.6 Å². The van der Waals surface area contributed by atoms with Gasteiger partial charge in [-0.1, -0.05) is 49.4 Å². The Hall–Kier alpha value is -3.67. The van der Waals surface area contributed by atoms with Gasteiger partial charge in [-0.2, -0.15) is 10.2 Å². The van der Waals surface area contributed by atoms with Crippen LogP contribution in [0.3, 0.4) is 0 Å². The molecule has 6 nitrogen and oxygen atoms in total. The van der Waals surface area contributed by atoms with Crippen LogP contribution in [0.25, 0.3) is 17.3 Å². The van der Waals surface area contributed by atoms with Gasteiger partial charge in [0.1, 0.15) is 11.4 Å². The molecule has 2 aromatic carbocycles. The van der Waals surface area contributed by atoms with E-state index in [4.69, 9.17) is 4.74 Å². The maximum atomic E-state index is 12.2. The van der Waals surface area contributed by atoms with E-state index >= 15 is 0 Å². The lowest BCUT2D eigenvalue weighted by Gasteiger charge is -2.02. The van der Waals surface area contributed by atoms with Gasteiger partial charge in [-0.05, 0) is 36.3 Å². The van der Waals surface area contributed by atoms with Crippen molar-refractivity contribution in [3.63, 3.8) is 0 Å². The lowest BCUT2D eigenvalue weighted by molar-refractivity contribution is 0.0950. The molecule has 1 heterocycles. The van der Waals surface area contributed by atoms with Gasteiger partial charge < -0.3 is 4.74 Å². The van der Waals surface area contributed by atoms with E-state index < -0.39 is 0 Å². The highest BCUT2D eigenvalue weighted by atomic mass is 16.5. The normalized spacial score (nSPS) is 11.2. The number of ether oxygens (including phenoxy) is 1. The fourth-order valence-electron chi connectivity index (χ4n) is 2.65. The van der Waals surface area contributed by atoms with Gasteiger partial charge >= 0.3 is 0 Å². The molecule has 0 bridgehead atoms. The largest absolute Gasteiger partial charge is 0.496 e. The SMILES string of the molecule is CCc1ccc(-c2cc(C(=O)N/N=C\C=C\c3ccccc3OC)[nH]n2)cc1. The second-order valence-corrected chi connectivity index (χ2v) is 6.04. The van der Waals surface area contributed by atoms with E-state index in [1.54, 1.807) is 19.3 Å². The fourth-order valence-corrected chi connectivity index (χ4v) is 2.65. The number of nitrogens with zero attached hydrogens (tertiary/aromatic N) is 2. The third-order valence-electron chi connectivity index (χ3n) is 4.22. The van der Waals surface area contributed by atoms with Crippen LogP contribution in [0.2, 0.25) is 0 Å². The van der Waals surface area contributed by atoms with E-state index in [2.05, 4.69) is 39.8 Å². The molecule has 3 rings (SSSR count). The minimum Gasteiger partial charge on any atom is -0.496 e. The number of aromatic amines is 1. The van der Waals surface area contributed by atoms with Crippen LogP contribution in [0.15, 0.2) is 65.8 Å². The minimum atomic E-state index is -0.356. The van der Waals surface area contributed by atoms with Gasteiger partial charge in [0.25, 0.3) is 5.91 Å². The van der Waals surface area contributed by atoms with Crippen LogP contribution in [0.1, 0.15) is 28.5 Å². The second-order valence-electron chi connectivity index (χ2n) is 6.04. The Morgan fingerprint density at radius 3 is 2.75 bits per heavy atom. The van der Waals surface area contributed by atoms with Gasteiger partial charge in [0.15, 0.2) is 0 Å². The van der Waals surface area contributed by atoms with E-state index in [9.17, 15) is 4.79 Å². The summed E-state index contributed by atoms with van der Waals surface area (Å²) in [6, 6.07) is 17.5. The number of nitrogens with one attached hydrogen (secondary N) is 2. The Morgan fingerprint density at radius 2 is 2.00 bits per heavy atom. The van der Waals surface area contributed by atoms with Gasteiger partial charge in [0.2, 0.25) is 0 Å². The Kier molecular flexibility index (Phi) is 6.36. The number of amides is 1. The third kappa shape index (κ3) is 4.73. The number of aryl methyl sites for hydroxylation is 1. The van der Waals surface area contributed by atoms with Crippen molar-refractivity contribution in [1.29, 1.82) is 0 Å². The van der Waals surface area contributed by atoms with Crippen molar-refractivity contribution in [2.75, 3.05) is 7.11 Å². The van der Waals surface area contributed by atoms with Gasteiger partial charge in [-0.3, -0.25) is 9.89 Å². The second kappa shape index (κ2) is 9.32. The van der Waals surface area contributed by atoms with Gasteiger partial charge in [-0.15, -0.1) is 0 Å². The molecule has 0 saturated carbocycles. The molecule has 3 aromatic rings. The molecule has 2 N–H and O–H groups in total. The van der Waals surface area contributed by atoms with E-state index in [1.807, 2.05) is 42.5 Å². The summed E-state index contributed by atoms with van der Waals surface area (Å²) in [5, 5.41) is 10.9. The summed E-state index contributed by atoms with van der Waals surface area (Å²) in [7, 11) is 1.62. The van der Waals surface area contributed by atoms with Crippen molar-refractivity contribution in [2.45, 2.75) is 13.3 Å². The maximum absolute atomic E-state index is 12.2. The summed E-state index contributed by atoms with van der Waals surface area (Å²) in [5.41, 5.74) is 6.67. The summed E-state index contributed by atoms with van der Waals surface area (Å²) in [6.45, 7) is 2.11. The number of benzene rings is 2. The number of carbonyl (C=O) groups excluding carboxylic acids is 1. The molecular formula is C22H22N4O2. The molecular weight excluding hydrogens is 352 g/mol. The van der Waals surface area contributed by atoms with Crippen molar-refractivity contribution in [3.05, 3.63) is 77.5 Å². The highest BCUT2D eigenvalue weighted by Crippen LogP contribution is 2.19. The van der Waals surface area contributed by atoms with E-state index in [-0.39, 0.29) is 5.91 Å². The van der Waals surface area contributed by atoms with Crippen LogP contribution < -0.4 is 10.2 Å². The van der Waals surface area contributed by atoms with Crippen molar-refractivity contribution in [2.24, 2.45) is 5.10 Å². The zero-order valence-corrected chi connectivity index (χ0v) is 15.8. The molecule has 0 saturated heterocycles. The number of hydrazone groups is 1. The zero-order chi connectivity index (χ0) is 19.8. The molecule has 6 heteroatoms. The van der Waals surface area contributed by atoms with Crippen molar-refractivity contribution >= 4 is 18.2 Å². The highest BCUT2D eigenvalue weighted by Gasteiger charge is 2.10. The Balaban J connectivity index is 1.58. The van der Waals surface area contributed by atoms with E-state index in [0.717, 1.165) is 23.3 Å². The molecule has 0 fully saturated rings. The monoisotopic (exact) mass is 374 g/mol. The molecule has 142 valence electrons. The van der Waals surface area contributed by atoms with Crippen LogP contribution in [0, 0.1) is 0 Å². The standard InChI is InChI=1S/C22H22N4O2/c1-3-16-10-12-17(13-11-16)19-15-20(25-24-19)22(27)26-23-14-6-8-18-7-4-5-9-21(18)28-2/h4-15H,3H2,1-2H3,(H,24,25)(H,26,27)/b8-6+,23-14-. The van der Waals surface area contributed by atoms with Gasteiger partial charge in [-0.25, -0.2) is 5.43 Å². The Labute approximate surface area is 163 Å². The lowest BCUT2D eigenvalue weighted by atomic mass is 10.1. The first kappa shape index (κ1) is 19.1. The molecule has 0 aliphatic carbocycles. The molecule has 0 aliphatic rings. The summed E-state index contributed by atoms with van der Waals surface area (Å²) < 4.78 is 5.27. The van der Waals surface area contributed by atoms with Crippen LogP contribution in [0.4, 0.5) is 0 Å².